The van der Waals surface area contributed by atoms with Gasteiger partial charge in [0.1, 0.15) is 0 Å². The summed E-state index contributed by atoms with van der Waals surface area (Å²) in [7, 11) is 0. The van der Waals surface area contributed by atoms with Crippen molar-refractivity contribution in [3.05, 3.63) is 65.6 Å². The monoisotopic (exact) mass is 481 g/mol. The second kappa shape index (κ2) is 9.10. The van der Waals surface area contributed by atoms with Crippen molar-refractivity contribution in [2.45, 2.75) is 70.6 Å². The summed E-state index contributed by atoms with van der Waals surface area (Å²) in [4.78, 5) is 3.89. The van der Waals surface area contributed by atoms with Crippen molar-refractivity contribution in [1.29, 1.82) is 0 Å². The summed E-state index contributed by atoms with van der Waals surface area (Å²) in [6.45, 7) is 9.77. The van der Waals surface area contributed by atoms with E-state index in [1.165, 1.54) is 6.07 Å². The van der Waals surface area contributed by atoms with Gasteiger partial charge in [-0.1, -0.05) is 12.1 Å². The molecule has 0 amide bonds. The molecular formula is C28H33F2N3O2. The van der Waals surface area contributed by atoms with Crippen molar-refractivity contribution in [2.24, 2.45) is 5.92 Å². The highest BCUT2D eigenvalue weighted by molar-refractivity contribution is 5.88. The second-order valence-electron chi connectivity index (χ2n) is 11.1. The molecule has 3 aromatic rings. The maximum Gasteiger partial charge on any atom is 0.240 e. The van der Waals surface area contributed by atoms with Gasteiger partial charge < -0.3 is 9.47 Å². The van der Waals surface area contributed by atoms with Gasteiger partial charge in [-0.05, 0) is 94.7 Å². The zero-order chi connectivity index (χ0) is 24.8. The van der Waals surface area contributed by atoms with E-state index in [4.69, 9.17) is 9.47 Å². The van der Waals surface area contributed by atoms with E-state index in [1.807, 2.05) is 22.9 Å². The maximum absolute atomic E-state index is 15.1. The molecule has 1 aromatic carbocycles. The summed E-state index contributed by atoms with van der Waals surface area (Å²) in [6.07, 6.45) is 7.12. The van der Waals surface area contributed by atoms with Gasteiger partial charge in [0.05, 0.1) is 28.1 Å². The van der Waals surface area contributed by atoms with Gasteiger partial charge in [-0.25, -0.2) is 4.98 Å². The molecule has 2 aromatic heterocycles. The minimum Gasteiger partial charge on any atom is -0.381 e. The van der Waals surface area contributed by atoms with Crippen molar-refractivity contribution < 1.29 is 18.3 Å². The molecular weight excluding hydrogens is 448 g/mol. The van der Waals surface area contributed by atoms with Crippen molar-refractivity contribution in [2.75, 3.05) is 13.2 Å². The van der Waals surface area contributed by atoms with Crippen LogP contribution in [0.2, 0.25) is 0 Å². The quantitative estimate of drug-likeness (QED) is 0.401. The van der Waals surface area contributed by atoms with Crippen LogP contribution in [0.4, 0.5) is 8.78 Å². The Morgan fingerprint density at radius 1 is 1.00 bits per heavy atom. The fraction of sp³-hybridized carbons (Fsp3) is 0.500. The van der Waals surface area contributed by atoms with Crippen LogP contribution in [0.25, 0.3) is 16.5 Å². The van der Waals surface area contributed by atoms with Gasteiger partial charge in [-0.15, -0.1) is 5.10 Å². The van der Waals surface area contributed by atoms with Crippen LogP contribution in [0, 0.1) is 17.8 Å². The Labute approximate surface area is 205 Å². The number of fused-ring (bicyclic) bond motifs is 1. The topological polar surface area (TPSA) is 49.2 Å². The van der Waals surface area contributed by atoms with E-state index < -0.39 is 11.9 Å². The molecule has 186 valence electrons. The standard InChI is InChI=1S/C28H33F2N3O2/c1-27(2)15-18(16-28(3,4)35-27)13-22(20-6-8-25(29)31-17-20)19-5-7-24-23(14-19)26(30)32-33(24)21-9-11-34-12-10-21/h5-8,13-14,17-18,21H,9-12,15-16H2,1-4H3. The van der Waals surface area contributed by atoms with Crippen LogP contribution in [0.5, 0.6) is 0 Å². The number of hydrogen-bond donors (Lipinski definition) is 0. The lowest BCUT2D eigenvalue weighted by atomic mass is 9.79. The minimum absolute atomic E-state index is 0.129. The van der Waals surface area contributed by atoms with Gasteiger partial charge in [0, 0.05) is 25.0 Å². The van der Waals surface area contributed by atoms with E-state index in [0.29, 0.717) is 18.6 Å². The number of hydrogen-bond acceptors (Lipinski definition) is 4. The van der Waals surface area contributed by atoms with E-state index in [2.05, 4.69) is 43.9 Å². The predicted octanol–water partition coefficient (Wildman–Crippen LogP) is 6.48. The Balaban J connectivity index is 1.58. The van der Waals surface area contributed by atoms with E-state index >= 15 is 4.39 Å². The first-order valence-corrected chi connectivity index (χ1v) is 12.4. The fourth-order valence-corrected chi connectivity index (χ4v) is 5.89. The summed E-state index contributed by atoms with van der Waals surface area (Å²) in [6, 6.07) is 9.03. The third-order valence-corrected chi connectivity index (χ3v) is 7.01. The molecule has 0 bridgehead atoms. The van der Waals surface area contributed by atoms with Gasteiger partial charge >= 0.3 is 0 Å². The van der Waals surface area contributed by atoms with Crippen LogP contribution in [0.15, 0.2) is 42.6 Å². The lowest BCUT2D eigenvalue weighted by molar-refractivity contribution is -0.166. The molecule has 5 nitrogen and oxygen atoms in total. The normalized spacial score (nSPS) is 21.5. The molecule has 35 heavy (non-hydrogen) atoms. The van der Waals surface area contributed by atoms with Crippen molar-refractivity contribution >= 4 is 16.5 Å². The highest BCUT2D eigenvalue weighted by Crippen LogP contribution is 2.41. The number of aromatic nitrogens is 3. The number of nitrogens with zero attached hydrogens (tertiary/aromatic N) is 3. The molecule has 5 rings (SSSR count). The van der Waals surface area contributed by atoms with Gasteiger partial charge in [-0.2, -0.15) is 8.78 Å². The largest absolute Gasteiger partial charge is 0.381 e. The molecule has 2 fully saturated rings. The summed E-state index contributed by atoms with van der Waals surface area (Å²) in [5.41, 5.74) is 2.81. The lowest BCUT2D eigenvalue weighted by Gasteiger charge is -2.45. The van der Waals surface area contributed by atoms with Crippen LogP contribution in [0.1, 0.15) is 70.5 Å². The third kappa shape index (κ3) is 5.16. The molecule has 0 radical (unpaired) electrons. The highest BCUT2D eigenvalue weighted by atomic mass is 19.1. The number of pyridine rings is 1. The third-order valence-electron chi connectivity index (χ3n) is 7.01. The number of halogens is 2. The Kier molecular flexibility index (Phi) is 6.26. The van der Waals surface area contributed by atoms with Crippen LogP contribution >= 0.6 is 0 Å². The fourth-order valence-electron chi connectivity index (χ4n) is 5.89. The molecule has 0 saturated carbocycles. The molecule has 2 aliphatic heterocycles. The van der Waals surface area contributed by atoms with Gasteiger partial charge in [0.2, 0.25) is 11.9 Å². The van der Waals surface area contributed by atoms with E-state index in [9.17, 15) is 4.39 Å². The Hall–Kier alpha value is -2.64. The first-order valence-electron chi connectivity index (χ1n) is 12.4. The number of benzene rings is 1. The highest BCUT2D eigenvalue weighted by Gasteiger charge is 2.38. The molecule has 2 aliphatic rings. The smallest absolute Gasteiger partial charge is 0.240 e. The van der Waals surface area contributed by atoms with E-state index in [1.54, 1.807) is 12.3 Å². The van der Waals surface area contributed by atoms with Crippen LogP contribution in [-0.4, -0.2) is 39.2 Å². The Morgan fingerprint density at radius 2 is 1.69 bits per heavy atom. The molecule has 0 atom stereocenters. The van der Waals surface area contributed by atoms with Crippen molar-refractivity contribution in [3.8, 4) is 0 Å². The van der Waals surface area contributed by atoms with Crippen LogP contribution in [-0.2, 0) is 9.47 Å². The zero-order valence-corrected chi connectivity index (χ0v) is 20.9. The molecule has 0 unspecified atom stereocenters. The summed E-state index contributed by atoms with van der Waals surface area (Å²) >= 11 is 0. The Morgan fingerprint density at radius 3 is 2.34 bits per heavy atom. The molecule has 2 saturated heterocycles. The summed E-state index contributed by atoms with van der Waals surface area (Å²) < 4.78 is 42.2. The second-order valence-corrected chi connectivity index (χ2v) is 11.1. The van der Waals surface area contributed by atoms with Gasteiger partial charge in [0.15, 0.2) is 0 Å². The summed E-state index contributed by atoms with van der Waals surface area (Å²) in [5.74, 6) is -0.766. The van der Waals surface area contributed by atoms with Crippen LogP contribution in [0.3, 0.4) is 0 Å². The lowest BCUT2D eigenvalue weighted by Crippen LogP contribution is -2.44. The zero-order valence-electron chi connectivity index (χ0n) is 20.9. The first kappa shape index (κ1) is 24.1. The van der Waals surface area contributed by atoms with E-state index in [-0.39, 0.29) is 23.2 Å². The minimum atomic E-state index is -0.527. The number of ether oxygens (including phenoxy) is 2. The van der Waals surface area contributed by atoms with Crippen molar-refractivity contribution in [3.63, 3.8) is 0 Å². The number of rotatable bonds is 4. The first-order chi connectivity index (χ1) is 16.6. The van der Waals surface area contributed by atoms with Gasteiger partial charge in [0.25, 0.3) is 0 Å². The SMILES string of the molecule is CC1(C)CC(C=C(c2ccc(F)nc2)c2ccc3c(c2)c(F)nn3C2CCOCC2)CC(C)(C)O1. The van der Waals surface area contributed by atoms with Crippen molar-refractivity contribution in [1.82, 2.24) is 14.8 Å². The van der Waals surface area contributed by atoms with Crippen LogP contribution < -0.4 is 0 Å². The molecule has 7 heteroatoms. The predicted molar refractivity (Wildman–Crippen MR) is 132 cm³/mol. The average Bonchev–Trinajstić information content (AvgIpc) is 3.13. The van der Waals surface area contributed by atoms with E-state index in [0.717, 1.165) is 47.9 Å². The molecule has 0 N–H and O–H groups in total. The summed E-state index contributed by atoms with van der Waals surface area (Å²) in [5, 5.41) is 4.74. The Bertz CT molecular complexity index is 1230. The van der Waals surface area contributed by atoms with Gasteiger partial charge in [-0.3, -0.25) is 4.68 Å². The molecule has 0 spiro atoms. The molecule has 0 aliphatic carbocycles. The maximum atomic E-state index is 15.1. The number of allylic oxidation sites excluding steroid dienone is 1. The average molecular weight is 482 g/mol. The molecule has 4 heterocycles.